The van der Waals surface area contributed by atoms with Gasteiger partial charge in [0.1, 0.15) is 11.4 Å². The molecule has 10 nitrogen and oxygen atoms in total. The zero-order valence-corrected chi connectivity index (χ0v) is 24.5. The Hall–Kier alpha value is -3.15. The monoisotopic (exact) mass is 573 g/mol. The molecule has 2 aliphatic heterocycles. The van der Waals surface area contributed by atoms with Crippen LogP contribution in [0.2, 0.25) is 0 Å². The first-order valence-electron chi connectivity index (χ1n) is 13.6. The summed E-state index contributed by atoms with van der Waals surface area (Å²) in [7, 11) is -2.42. The van der Waals surface area contributed by atoms with Gasteiger partial charge >= 0.3 is 6.09 Å². The number of hydrogen-bond acceptors (Lipinski definition) is 7. The Morgan fingerprint density at radius 2 is 1.62 bits per heavy atom. The van der Waals surface area contributed by atoms with Crippen LogP contribution < -0.4 is 4.74 Å². The molecule has 0 aliphatic carbocycles. The predicted molar refractivity (Wildman–Crippen MR) is 150 cm³/mol. The van der Waals surface area contributed by atoms with Crippen LogP contribution in [0.15, 0.2) is 53.4 Å². The summed E-state index contributed by atoms with van der Waals surface area (Å²) in [6.07, 6.45) is 0.790. The Morgan fingerprint density at radius 1 is 0.975 bits per heavy atom. The fraction of sp³-hybridized carbons (Fsp3) is 0.517. The molecule has 11 heteroatoms. The highest BCUT2D eigenvalue weighted by atomic mass is 32.2. The lowest BCUT2D eigenvalue weighted by molar-refractivity contribution is 0.0152. The SMILES string of the molecule is COc1ccc(S(=O)(=O)N(Cc2ccc(C(=O)N3CCOCC3)cc2)C2CCCN(C(=O)OC(C)(C)C)C2)cc1. The molecule has 2 heterocycles. The van der Waals surface area contributed by atoms with Crippen molar-refractivity contribution in [3.8, 4) is 5.75 Å². The number of carbonyl (C=O) groups is 2. The molecular formula is C29H39N3O7S. The summed E-state index contributed by atoms with van der Waals surface area (Å²) in [6, 6.07) is 12.9. The molecule has 0 aromatic heterocycles. The van der Waals surface area contributed by atoms with Crippen LogP contribution in [0.25, 0.3) is 0 Å². The summed E-state index contributed by atoms with van der Waals surface area (Å²) >= 11 is 0. The molecule has 2 fully saturated rings. The average Bonchev–Trinajstić information content (AvgIpc) is 2.95. The number of amides is 2. The molecule has 0 bridgehead atoms. The highest BCUT2D eigenvalue weighted by Crippen LogP contribution is 2.28. The van der Waals surface area contributed by atoms with E-state index in [1.807, 2.05) is 0 Å². The number of benzene rings is 2. The largest absolute Gasteiger partial charge is 0.497 e. The van der Waals surface area contributed by atoms with Gasteiger partial charge in [0.2, 0.25) is 10.0 Å². The highest BCUT2D eigenvalue weighted by Gasteiger charge is 2.37. The molecule has 2 aliphatic rings. The van der Waals surface area contributed by atoms with Crippen molar-refractivity contribution < 1.29 is 32.2 Å². The second-order valence-corrected chi connectivity index (χ2v) is 12.9. The Bertz CT molecular complexity index is 1270. The number of morpholine rings is 1. The third-order valence-electron chi connectivity index (χ3n) is 6.96. The zero-order chi connectivity index (χ0) is 28.9. The van der Waals surface area contributed by atoms with Crippen molar-refractivity contribution in [1.82, 2.24) is 14.1 Å². The average molecular weight is 574 g/mol. The fourth-order valence-electron chi connectivity index (χ4n) is 4.86. The maximum atomic E-state index is 14.0. The van der Waals surface area contributed by atoms with Gasteiger partial charge in [-0.15, -0.1) is 0 Å². The van der Waals surface area contributed by atoms with Crippen LogP contribution in [-0.4, -0.2) is 92.7 Å². The van der Waals surface area contributed by atoms with Gasteiger partial charge < -0.3 is 24.0 Å². The summed E-state index contributed by atoms with van der Waals surface area (Å²) < 4.78 is 45.6. The maximum Gasteiger partial charge on any atom is 0.410 e. The topological polar surface area (TPSA) is 106 Å². The number of nitrogens with zero attached hydrogens (tertiary/aromatic N) is 3. The Morgan fingerprint density at radius 3 is 2.23 bits per heavy atom. The zero-order valence-electron chi connectivity index (χ0n) is 23.7. The van der Waals surface area contributed by atoms with Crippen molar-refractivity contribution in [2.24, 2.45) is 0 Å². The molecule has 0 spiro atoms. The molecule has 0 N–H and O–H groups in total. The molecule has 40 heavy (non-hydrogen) atoms. The number of methoxy groups -OCH3 is 1. The van der Waals surface area contributed by atoms with Crippen LogP contribution in [0.5, 0.6) is 5.75 Å². The fourth-order valence-corrected chi connectivity index (χ4v) is 6.49. The van der Waals surface area contributed by atoms with Gasteiger partial charge in [0.05, 0.1) is 25.2 Å². The molecule has 2 saturated heterocycles. The molecule has 1 atom stereocenters. The predicted octanol–water partition coefficient (Wildman–Crippen LogP) is 3.76. The number of hydrogen-bond donors (Lipinski definition) is 0. The molecule has 4 rings (SSSR count). The van der Waals surface area contributed by atoms with Gasteiger partial charge in [-0.05, 0) is 75.6 Å². The summed E-state index contributed by atoms with van der Waals surface area (Å²) in [5, 5.41) is 0. The molecule has 2 amide bonds. The number of ether oxygens (including phenoxy) is 3. The van der Waals surface area contributed by atoms with Gasteiger partial charge in [-0.1, -0.05) is 12.1 Å². The van der Waals surface area contributed by atoms with Crippen molar-refractivity contribution in [1.29, 1.82) is 0 Å². The van der Waals surface area contributed by atoms with Crippen molar-refractivity contribution in [2.45, 2.75) is 56.7 Å². The third kappa shape index (κ3) is 7.32. The van der Waals surface area contributed by atoms with Gasteiger partial charge in [0.25, 0.3) is 5.91 Å². The van der Waals surface area contributed by atoms with Crippen LogP contribution in [0.4, 0.5) is 4.79 Å². The third-order valence-corrected chi connectivity index (χ3v) is 8.87. The van der Waals surface area contributed by atoms with Crippen LogP contribution in [-0.2, 0) is 26.0 Å². The minimum Gasteiger partial charge on any atom is -0.497 e. The maximum absolute atomic E-state index is 14.0. The minimum atomic E-state index is -3.94. The normalized spacial score (nSPS) is 18.5. The summed E-state index contributed by atoms with van der Waals surface area (Å²) in [5.74, 6) is 0.484. The number of rotatable bonds is 7. The van der Waals surface area contributed by atoms with E-state index in [1.165, 1.54) is 23.5 Å². The van der Waals surface area contributed by atoms with Crippen LogP contribution in [0, 0.1) is 0 Å². The molecular weight excluding hydrogens is 534 g/mol. The van der Waals surface area contributed by atoms with E-state index in [-0.39, 0.29) is 23.9 Å². The summed E-state index contributed by atoms with van der Waals surface area (Å²) in [6.45, 7) is 8.36. The van der Waals surface area contributed by atoms with Gasteiger partial charge in [0, 0.05) is 44.3 Å². The lowest BCUT2D eigenvalue weighted by Gasteiger charge is -2.39. The van der Waals surface area contributed by atoms with Crippen LogP contribution in [0.3, 0.4) is 0 Å². The van der Waals surface area contributed by atoms with Crippen LogP contribution in [0.1, 0.15) is 49.5 Å². The molecule has 2 aromatic rings. The second kappa shape index (κ2) is 12.6. The van der Waals surface area contributed by atoms with Crippen molar-refractivity contribution >= 4 is 22.0 Å². The molecule has 0 saturated carbocycles. The van der Waals surface area contributed by atoms with Crippen molar-refractivity contribution in [2.75, 3.05) is 46.5 Å². The molecule has 2 aromatic carbocycles. The first kappa shape index (κ1) is 29.8. The summed E-state index contributed by atoms with van der Waals surface area (Å²) in [4.78, 5) is 29.2. The van der Waals surface area contributed by atoms with Crippen molar-refractivity contribution in [3.05, 3.63) is 59.7 Å². The van der Waals surface area contributed by atoms with E-state index < -0.39 is 27.8 Å². The van der Waals surface area contributed by atoms with E-state index in [2.05, 4.69) is 0 Å². The minimum absolute atomic E-state index is 0.0714. The lowest BCUT2D eigenvalue weighted by Crippen LogP contribution is -2.52. The Labute approximate surface area is 236 Å². The van der Waals surface area contributed by atoms with Crippen LogP contribution >= 0.6 is 0 Å². The molecule has 0 radical (unpaired) electrons. The van der Waals surface area contributed by atoms with Gasteiger partial charge in [-0.25, -0.2) is 13.2 Å². The van der Waals surface area contributed by atoms with Crippen molar-refractivity contribution in [3.63, 3.8) is 0 Å². The first-order chi connectivity index (χ1) is 19.0. The Balaban J connectivity index is 1.59. The molecule has 218 valence electrons. The van der Waals surface area contributed by atoms with Gasteiger partial charge in [0.15, 0.2) is 0 Å². The quantitative estimate of drug-likeness (QED) is 0.497. The standard InChI is InChI=1S/C29H39N3O7S/c1-29(2,3)39-28(34)31-15-5-6-24(21-31)32(40(35,36)26-13-11-25(37-4)12-14-26)20-22-7-9-23(10-8-22)27(33)30-16-18-38-19-17-30/h7-14,24H,5-6,15-21H2,1-4H3. The van der Waals surface area contributed by atoms with E-state index in [4.69, 9.17) is 14.2 Å². The lowest BCUT2D eigenvalue weighted by atomic mass is 10.0. The first-order valence-corrected chi connectivity index (χ1v) is 15.0. The summed E-state index contributed by atoms with van der Waals surface area (Å²) in [5.41, 5.74) is 0.633. The van der Waals surface area contributed by atoms with E-state index in [1.54, 1.807) is 67.0 Å². The molecule has 1 unspecified atom stereocenters. The Kier molecular flexibility index (Phi) is 9.37. The van der Waals surface area contributed by atoms with E-state index in [0.29, 0.717) is 57.0 Å². The van der Waals surface area contributed by atoms with E-state index in [0.717, 1.165) is 5.56 Å². The van der Waals surface area contributed by atoms with E-state index >= 15 is 0 Å². The van der Waals surface area contributed by atoms with Gasteiger partial charge in [-0.2, -0.15) is 4.31 Å². The number of carbonyl (C=O) groups excluding carboxylic acids is 2. The smallest absolute Gasteiger partial charge is 0.410 e. The second-order valence-electron chi connectivity index (χ2n) is 11.0. The van der Waals surface area contributed by atoms with Gasteiger partial charge in [-0.3, -0.25) is 4.79 Å². The van der Waals surface area contributed by atoms with E-state index in [9.17, 15) is 18.0 Å². The number of likely N-dealkylation sites (tertiary alicyclic amines) is 1. The number of sulfonamides is 1. The highest BCUT2D eigenvalue weighted by molar-refractivity contribution is 7.89. The number of piperidine rings is 1.